The summed E-state index contributed by atoms with van der Waals surface area (Å²) in [4.78, 5) is 13.4. The fourth-order valence-corrected chi connectivity index (χ4v) is 2.67. The maximum atomic E-state index is 12.8. The molecule has 0 spiro atoms. The van der Waals surface area contributed by atoms with E-state index in [2.05, 4.69) is 0 Å². The van der Waals surface area contributed by atoms with Gasteiger partial charge in [-0.2, -0.15) is 13.2 Å². The predicted molar refractivity (Wildman–Crippen MR) is 75.6 cm³/mol. The number of carbonyl (C=O) groups excluding carboxylic acids is 1. The third-order valence-electron chi connectivity index (χ3n) is 3.75. The van der Waals surface area contributed by atoms with Crippen molar-refractivity contribution in [1.29, 1.82) is 0 Å². The molecule has 0 aromatic carbocycles. The van der Waals surface area contributed by atoms with Crippen LogP contribution < -0.4 is 0 Å². The summed E-state index contributed by atoms with van der Waals surface area (Å²) >= 11 is 0. The lowest BCUT2D eigenvalue weighted by molar-refractivity contribution is -0.195. The van der Waals surface area contributed by atoms with E-state index in [9.17, 15) is 22.4 Å². The number of hydrogen-bond acceptors (Lipinski definition) is 1. The van der Waals surface area contributed by atoms with Crippen LogP contribution in [-0.2, 0) is 4.79 Å². The van der Waals surface area contributed by atoms with Gasteiger partial charge in [-0.15, -0.1) is 0 Å². The molecular weight excluding hydrogens is 286 g/mol. The summed E-state index contributed by atoms with van der Waals surface area (Å²) in [6.45, 7) is 7.29. The molecule has 1 heterocycles. The highest BCUT2D eigenvalue weighted by atomic mass is 19.4. The van der Waals surface area contributed by atoms with E-state index in [1.54, 1.807) is 18.7 Å². The number of hydrogen-bond donors (Lipinski definition) is 0. The van der Waals surface area contributed by atoms with Crippen LogP contribution in [0.1, 0.15) is 47.0 Å². The van der Waals surface area contributed by atoms with Gasteiger partial charge in [-0.1, -0.05) is 27.7 Å². The van der Waals surface area contributed by atoms with Crippen molar-refractivity contribution >= 4 is 5.91 Å². The van der Waals surface area contributed by atoms with Gasteiger partial charge in [0.25, 0.3) is 0 Å². The first-order valence-electron chi connectivity index (χ1n) is 7.68. The Morgan fingerprint density at radius 2 is 1.67 bits per heavy atom. The van der Waals surface area contributed by atoms with Crippen molar-refractivity contribution in [3.05, 3.63) is 0 Å². The molecule has 1 rings (SSSR count). The van der Waals surface area contributed by atoms with E-state index in [1.807, 2.05) is 13.8 Å². The number of carbonyl (C=O) groups is 1. The third kappa shape index (κ3) is 6.22. The minimum Gasteiger partial charge on any atom is -0.342 e. The van der Waals surface area contributed by atoms with Gasteiger partial charge in [0.05, 0.1) is 12.6 Å². The van der Waals surface area contributed by atoms with Gasteiger partial charge in [-0.05, 0) is 25.2 Å². The van der Waals surface area contributed by atoms with Crippen LogP contribution in [-0.4, -0.2) is 36.7 Å². The molecule has 0 saturated carbocycles. The van der Waals surface area contributed by atoms with E-state index >= 15 is 0 Å². The van der Waals surface area contributed by atoms with Crippen molar-refractivity contribution in [3.63, 3.8) is 0 Å². The van der Waals surface area contributed by atoms with Crippen LogP contribution in [0.4, 0.5) is 17.6 Å². The number of nitrogens with zero attached hydrogens (tertiary/aromatic N) is 1. The standard InChI is InChI=1S/C13H21F4NO.C2H6/c1-9(2)12(19)18-7-4-10(5-8-18)11(3-6-14)13(15,16)17;1-2/h9-11H,3-8H2,1-2H3;1-2H3. The Morgan fingerprint density at radius 1 is 1.19 bits per heavy atom. The lowest BCUT2D eigenvalue weighted by Crippen LogP contribution is -2.44. The molecule has 0 radical (unpaired) electrons. The van der Waals surface area contributed by atoms with E-state index in [0.717, 1.165) is 0 Å². The average molecular weight is 313 g/mol. The van der Waals surface area contributed by atoms with Gasteiger partial charge in [0, 0.05) is 19.0 Å². The first-order valence-corrected chi connectivity index (χ1v) is 7.68. The zero-order valence-corrected chi connectivity index (χ0v) is 13.3. The smallest absolute Gasteiger partial charge is 0.342 e. The molecule has 0 bridgehead atoms. The molecule has 126 valence electrons. The SMILES string of the molecule is CC.CC(C)C(=O)N1CCC(C(CCF)C(F)(F)F)CC1. The molecule has 0 N–H and O–H groups in total. The van der Waals surface area contributed by atoms with Crippen molar-refractivity contribution in [1.82, 2.24) is 4.90 Å². The summed E-state index contributed by atoms with van der Waals surface area (Å²) < 4.78 is 50.8. The average Bonchev–Trinajstić information content (AvgIpc) is 2.45. The molecule has 0 aromatic rings. The Hall–Kier alpha value is -0.810. The van der Waals surface area contributed by atoms with Gasteiger partial charge in [0.2, 0.25) is 5.91 Å². The van der Waals surface area contributed by atoms with Crippen molar-refractivity contribution in [2.75, 3.05) is 19.8 Å². The van der Waals surface area contributed by atoms with Crippen LogP contribution in [0.5, 0.6) is 0 Å². The number of piperidine rings is 1. The van der Waals surface area contributed by atoms with Gasteiger partial charge >= 0.3 is 6.18 Å². The summed E-state index contributed by atoms with van der Waals surface area (Å²) in [5.41, 5.74) is 0. The zero-order chi connectivity index (χ0) is 16.6. The maximum absolute atomic E-state index is 12.8. The second kappa shape index (κ2) is 9.26. The molecule has 1 aliphatic heterocycles. The van der Waals surface area contributed by atoms with Gasteiger partial charge < -0.3 is 4.90 Å². The first kappa shape index (κ1) is 20.2. The highest BCUT2D eigenvalue weighted by molar-refractivity contribution is 5.78. The summed E-state index contributed by atoms with van der Waals surface area (Å²) in [5, 5.41) is 0. The number of alkyl halides is 4. The molecule has 1 fully saturated rings. The summed E-state index contributed by atoms with van der Waals surface area (Å²) in [5.74, 6) is -2.30. The van der Waals surface area contributed by atoms with Crippen molar-refractivity contribution in [2.45, 2.75) is 53.1 Å². The highest BCUT2D eigenvalue weighted by Gasteiger charge is 2.45. The largest absolute Gasteiger partial charge is 0.392 e. The fourth-order valence-electron chi connectivity index (χ4n) is 2.67. The zero-order valence-electron chi connectivity index (χ0n) is 13.3. The van der Waals surface area contributed by atoms with Crippen LogP contribution in [0.3, 0.4) is 0 Å². The van der Waals surface area contributed by atoms with Gasteiger partial charge in [-0.25, -0.2) is 0 Å². The van der Waals surface area contributed by atoms with Crippen molar-refractivity contribution < 1.29 is 22.4 Å². The molecule has 2 nitrogen and oxygen atoms in total. The maximum Gasteiger partial charge on any atom is 0.392 e. The van der Waals surface area contributed by atoms with E-state index in [4.69, 9.17) is 0 Å². The van der Waals surface area contributed by atoms with Crippen LogP contribution in [0.25, 0.3) is 0 Å². The Bertz CT molecular complexity index is 297. The quantitative estimate of drug-likeness (QED) is 0.702. The van der Waals surface area contributed by atoms with Gasteiger partial charge in [0.15, 0.2) is 0 Å². The lowest BCUT2D eigenvalue weighted by atomic mass is 9.82. The van der Waals surface area contributed by atoms with Crippen LogP contribution in [0.15, 0.2) is 0 Å². The van der Waals surface area contributed by atoms with Gasteiger partial charge in [0.1, 0.15) is 0 Å². The number of rotatable bonds is 4. The van der Waals surface area contributed by atoms with E-state index in [-0.39, 0.29) is 11.8 Å². The Labute approximate surface area is 124 Å². The second-order valence-electron chi connectivity index (χ2n) is 5.44. The summed E-state index contributed by atoms with van der Waals surface area (Å²) in [7, 11) is 0. The summed E-state index contributed by atoms with van der Waals surface area (Å²) in [6, 6.07) is 0. The number of likely N-dealkylation sites (tertiary alicyclic amines) is 1. The third-order valence-corrected chi connectivity index (χ3v) is 3.75. The van der Waals surface area contributed by atoms with Crippen molar-refractivity contribution in [3.8, 4) is 0 Å². The number of halogens is 4. The molecule has 1 aliphatic rings. The molecule has 1 atom stereocenters. The molecule has 0 aromatic heterocycles. The van der Waals surface area contributed by atoms with E-state index in [0.29, 0.717) is 25.9 Å². The molecule has 21 heavy (non-hydrogen) atoms. The second-order valence-corrected chi connectivity index (χ2v) is 5.44. The van der Waals surface area contributed by atoms with Gasteiger partial charge in [-0.3, -0.25) is 9.18 Å². The summed E-state index contributed by atoms with van der Waals surface area (Å²) in [6.07, 6.45) is -4.20. The number of amides is 1. The Kier molecular flexibility index (Phi) is 8.90. The van der Waals surface area contributed by atoms with E-state index in [1.165, 1.54) is 0 Å². The minimum atomic E-state index is -4.35. The molecular formula is C15H27F4NO. The topological polar surface area (TPSA) is 20.3 Å². The predicted octanol–water partition coefficient (Wildman–Crippen LogP) is 4.45. The molecule has 6 heteroatoms. The fraction of sp³-hybridized carbons (Fsp3) is 0.933. The molecule has 0 aliphatic carbocycles. The Morgan fingerprint density at radius 3 is 2.00 bits per heavy atom. The van der Waals surface area contributed by atoms with Crippen molar-refractivity contribution in [2.24, 2.45) is 17.8 Å². The Balaban J connectivity index is 0.00000191. The normalized spacial score (nSPS) is 18.2. The molecule has 1 saturated heterocycles. The van der Waals surface area contributed by atoms with Crippen LogP contribution in [0.2, 0.25) is 0 Å². The minimum absolute atomic E-state index is 0.0208. The first-order chi connectivity index (χ1) is 9.77. The monoisotopic (exact) mass is 313 g/mol. The molecule has 1 amide bonds. The molecule has 1 unspecified atom stereocenters. The van der Waals surface area contributed by atoms with Crippen LogP contribution >= 0.6 is 0 Å². The van der Waals surface area contributed by atoms with Crippen LogP contribution in [0, 0.1) is 17.8 Å². The van der Waals surface area contributed by atoms with E-state index < -0.39 is 31.1 Å². The lowest BCUT2D eigenvalue weighted by Gasteiger charge is -2.37. The highest BCUT2D eigenvalue weighted by Crippen LogP contribution is 2.39.